The predicted octanol–water partition coefficient (Wildman–Crippen LogP) is 1.47. The van der Waals surface area contributed by atoms with Crippen molar-refractivity contribution in [3.05, 3.63) is 55.7 Å². The molecule has 21 heavy (non-hydrogen) atoms. The van der Waals surface area contributed by atoms with Crippen molar-refractivity contribution in [3.8, 4) is 11.6 Å². The number of aromatic amines is 1. The molecule has 108 valence electrons. The average Bonchev–Trinajstić information content (AvgIpc) is 3.24. The molecule has 2 N–H and O–H groups in total. The molecule has 0 bridgehead atoms. The Hall–Kier alpha value is -2.34. The lowest BCUT2D eigenvalue weighted by molar-refractivity contribution is 0.430. The van der Waals surface area contributed by atoms with Crippen molar-refractivity contribution in [2.45, 2.75) is 18.9 Å². The topological polar surface area (TPSA) is 87.5 Å². The van der Waals surface area contributed by atoms with Gasteiger partial charge >= 0.3 is 5.69 Å². The summed E-state index contributed by atoms with van der Waals surface area (Å²) in [5.41, 5.74) is -1.19. The molecule has 7 heteroatoms. The maximum absolute atomic E-state index is 12.0. The number of aliphatic imine (C=N–C) groups is 1. The SMILES string of the molecule is O=c1[nH]c(=O)n(-c2ccccc2Cl)c(O)c1C=NC1CC1. The standard InChI is InChI=1S/C14H12ClN3O3/c15-10-3-1-2-4-11(10)18-13(20)9(7-16-8-5-6-8)12(19)17-14(18)21/h1-4,7-8,20H,5-6H2,(H,17,19,21). The fourth-order valence-electron chi connectivity index (χ4n) is 1.92. The first-order valence-electron chi connectivity index (χ1n) is 6.44. The molecule has 0 saturated heterocycles. The van der Waals surface area contributed by atoms with Gasteiger partial charge in [0.15, 0.2) is 0 Å². The molecule has 3 rings (SSSR count). The first kappa shape index (κ1) is 13.6. The number of nitrogens with one attached hydrogen (secondary N) is 1. The Balaban J connectivity index is 2.21. The summed E-state index contributed by atoms with van der Waals surface area (Å²) in [5, 5.41) is 10.5. The van der Waals surface area contributed by atoms with Crippen molar-refractivity contribution in [1.82, 2.24) is 9.55 Å². The first-order valence-corrected chi connectivity index (χ1v) is 6.82. The molecule has 1 heterocycles. The third-order valence-corrected chi connectivity index (χ3v) is 3.50. The lowest BCUT2D eigenvalue weighted by atomic mass is 10.3. The zero-order chi connectivity index (χ0) is 15.0. The molecule has 1 fully saturated rings. The van der Waals surface area contributed by atoms with Gasteiger partial charge in [-0.1, -0.05) is 23.7 Å². The van der Waals surface area contributed by atoms with Crippen molar-refractivity contribution in [2.75, 3.05) is 0 Å². The highest BCUT2D eigenvalue weighted by atomic mass is 35.5. The van der Waals surface area contributed by atoms with Gasteiger partial charge in [-0.25, -0.2) is 9.36 Å². The summed E-state index contributed by atoms with van der Waals surface area (Å²) < 4.78 is 0.956. The molecular formula is C14H12ClN3O3. The van der Waals surface area contributed by atoms with E-state index < -0.39 is 17.1 Å². The van der Waals surface area contributed by atoms with Gasteiger partial charge in [-0.15, -0.1) is 0 Å². The van der Waals surface area contributed by atoms with Crippen LogP contribution in [0.5, 0.6) is 5.88 Å². The van der Waals surface area contributed by atoms with Gasteiger partial charge < -0.3 is 5.11 Å². The van der Waals surface area contributed by atoms with Crippen LogP contribution in [0.4, 0.5) is 0 Å². The van der Waals surface area contributed by atoms with Crippen LogP contribution in [-0.2, 0) is 0 Å². The predicted molar refractivity (Wildman–Crippen MR) is 80.0 cm³/mol. The van der Waals surface area contributed by atoms with Crippen molar-refractivity contribution >= 4 is 17.8 Å². The van der Waals surface area contributed by atoms with Gasteiger partial charge in [-0.3, -0.25) is 14.8 Å². The Morgan fingerprint density at radius 1 is 1.33 bits per heavy atom. The van der Waals surface area contributed by atoms with E-state index in [1.165, 1.54) is 6.21 Å². The van der Waals surface area contributed by atoms with Gasteiger partial charge in [0, 0.05) is 6.21 Å². The van der Waals surface area contributed by atoms with Crippen LogP contribution in [0.3, 0.4) is 0 Å². The Labute approximate surface area is 124 Å². The van der Waals surface area contributed by atoms with E-state index in [0.29, 0.717) is 5.69 Å². The zero-order valence-electron chi connectivity index (χ0n) is 10.9. The number of halogens is 1. The van der Waals surface area contributed by atoms with Crippen LogP contribution in [0.25, 0.3) is 5.69 Å². The fourth-order valence-corrected chi connectivity index (χ4v) is 2.14. The largest absolute Gasteiger partial charge is 0.493 e. The van der Waals surface area contributed by atoms with Gasteiger partial charge in [0.2, 0.25) is 5.88 Å². The second-order valence-corrected chi connectivity index (χ2v) is 5.20. The zero-order valence-corrected chi connectivity index (χ0v) is 11.7. The Morgan fingerprint density at radius 3 is 2.71 bits per heavy atom. The van der Waals surface area contributed by atoms with Crippen molar-refractivity contribution in [1.29, 1.82) is 0 Å². The molecule has 0 amide bonds. The van der Waals surface area contributed by atoms with Gasteiger partial charge in [0.1, 0.15) is 5.56 Å². The summed E-state index contributed by atoms with van der Waals surface area (Å²) >= 11 is 6.04. The molecule has 0 atom stereocenters. The molecule has 0 aliphatic heterocycles. The molecule has 1 aromatic carbocycles. The Morgan fingerprint density at radius 2 is 2.05 bits per heavy atom. The molecule has 1 aromatic heterocycles. The smallest absolute Gasteiger partial charge is 0.335 e. The number of H-pyrrole nitrogens is 1. The first-order chi connectivity index (χ1) is 10.1. The third kappa shape index (κ3) is 2.62. The van der Waals surface area contributed by atoms with E-state index in [1.54, 1.807) is 24.3 Å². The molecule has 0 unspecified atom stereocenters. The average molecular weight is 306 g/mol. The number of rotatable bonds is 3. The Bertz CT molecular complexity index is 834. The quantitative estimate of drug-likeness (QED) is 0.842. The summed E-state index contributed by atoms with van der Waals surface area (Å²) in [6.07, 6.45) is 3.25. The number of aromatic hydroxyl groups is 1. The molecule has 1 aliphatic carbocycles. The van der Waals surface area contributed by atoms with E-state index in [0.717, 1.165) is 17.4 Å². The lowest BCUT2D eigenvalue weighted by Gasteiger charge is -2.10. The maximum atomic E-state index is 12.0. The number of hydrogen-bond acceptors (Lipinski definition) is 4. The molecule has 6 nitrogen and oxygen atoms in total. The monoisotopic (exact) mass is 305 g/mol. The van der Waals surface area contributed by atoms with E-state index in [-0.39, 0.29) is 16.6 Å². The Kier molecular flexibility index (Phi) is 3.39. The van der Waals surface area contributed by atoms with E-state index in [4.69, 9.17) is 11.6 Å². The minimum Gasteiger partial charge on any atom is -0.493 e. The van der Waals surface area contributed by atoms with Crippen LogP contribution in [0.2, 0.25) is 5.02 Å². The molecule has 1 saturated carbocycles. The van der Waals surface area contributed by atoms with E-state index >= 15 is 0 Å². The van der Waals surface area contributed by atoms with Crippen LogP contribution >= 0.6 is 11.6 Å². The third-order valence-electron chi connectivity index (χ3n) is 3.18. The number of aromatic nitrogens is 2. The summed E-state index contributed by atoms with van der Waals surface area (Å²) in [6, 6.07) is 6.74. The van der Waals surface area contributed by atoms with Crippen LogP contribution < -0.4 is 11.2 Å². The van der Waals surface area contributed by atoms with Crippen LogP contribution in [0.15, 0.2) is 38.8 Å². The van der Waals surface area contributed by atoms with Crippen LogP contribution in [-0.4, -0.2) is 26.9 Å². The van der Waals surface area contributed by atoms with Gasteiger partial charge in [-0.05, 0) is 25.0 Å². The number of nitrogens with zero attached hydrogens (tertiary/aromatic N) is 2. The van der Waals surface area contributed by atoms with E-state index in [9.17, 15) is 14.7 Å². The van der Waals surface area contributed by atoms with Gasteiger partial charge in [0.25, 0.3) is 5.56 Å². The molecule has 0 radical (unpaired) electrons. The molecule has 1 aliphatic rings. The number of benzene rings is 1. The van der Waals surface area contributed by atoms with Gasteiger partial charge in [-0.2, -0.15) is 0 Å². The van der Waals surface area contributed by atoms with Gasteiger partial charge in [0.05, 0.1) is 16.8 Å². The highest BCUT2D eigenvalue weighted by molar-refractivity contribution is 6.32. The van der Waals surface area contributed by atoms with E-state index in [1.807, 2.05) is 0 Å². The van der Waals surface area contributed by atoms with Crippen LogP contribution in [0.1, 0.15) is 18.4 Å². The second-order valence-electron chi connectivity index (χ2n) is 4.79. The summed E-state index contributed by atoms with van der Waals surface area (Å²) in [6.45, 7) is 0. The highest BCUT2D eigenvalue weighted by Crippen LogP contribution is 2.25. The van der Waals surface area contributed by atoms with Crippen molar-refractivity contribution < 1.29 is 5.11 Å². The minimum absolute atomic E-state index is 0.0542. The molecule has 2 aromatic rings. The minimum atomic E-state index is -0.755. The van der Waals surface area contributed by atoms with Crippen molar-refractivity contribution in [3.63, 3.8) is 0 Å². The summed E-state index contributed by atoms with van der Waals surface area (Å²) in [7, 11) is 0. The molecule has 0 spiro atoms. The van der Waals surface area contributed by atoms with Crippen LogP contribution in [0, 0.1) is 0 Å². The highest BCUT2D eigenvalue weighted by Gasteiger charge is 2.21. The fraction of sp³-hybridized carbons (Fsp3) is 0.214. The number of hydrogen-bond donors (Lipinski definition) is 2. The van der Waals surface area contributed by atoms with Crippen molar-refractivity contribution in [2.24, 2.45) is 4.99 Å². The van der Waals surface area contributed by atoms with E-state index in [2.05, 4.69) is 9.98 Å². The second kappa shape index (κ2) is 5.21. The summed E-state index contributed by atoms with van der Waals surface area (Å²) in [5.74, 6) is -0.471. The maximum Gasteiger partial charge on any atom is 0.335 e. The number of para-hydroxylation sites is 1. The lowest BCUT2D eigenvalue weighted by Crippen LogP contribution is -2.31. The molecular weight excluding hydrogens is 294 g/mol. The normalized spacial score (nSPS) is 14.7. The summed E-state index contributed by atoms with van der Waals surface area (Å²) in [4.78, 5) is 30.1.